The van der Waals surface area contributed by atoms with Gasteiger partial charge in [-0.25, -0.2) is 9.59 Å². The molecule has 14 aliphatic heterocycles. The van der Waals surface area contributed by atoms with Crippen LogP contribution in [-0.2, 0) is 87.8 Å². The van der Waals surface area contributed by atoms with Crippen LogP contribution in [0.25, 0.3) is 0 Å². The molecular weight excluding hydrogens is 1770 g/mol. The summed E-state index contributed by atoms with van der Waals surface area (Å²) in [5.74, 6) is 2.39. The molecule has 2 spiro atoms. The van der Waals surface area contributed by atoms with Crippen LogP contribution in [0.2, 0.25) is 0 Å². The number of thioether (sulfide) groups is 2. The number of rotatable bonds is 18. The van der Waals surface area contributed by atoms with Gasteiger partial charge in [-0.05, 0) is 135 Å². The van der Waals surface area contributed by atoms with E-state index in [1.807, 2.05) is 44.7 Å². The Morgan fingerprint density at radius 1 is 0.559 bits per heavy atom. The second-order valence-corrected chi connectivity index (χ2v) is 35.8. The van der Waals surface area contributed by atoms with Crippen molar-refractivity contribution in [2.45, 2.75) is 249 Å². The number of piperazine rings is 2. The fourth-order valence-corrected chi connectivity index (χ4v) is 24.6. The van der Waals surface area contributed by atoms with Crippen LogP contribution in [-0.4, -0.2) is 186 Å². The average Bonchev–Trinajstić information content (AvgIpc) is 1.55. The van der Waals surface area contributed by atoms with E-state index in [9.17, 15) is 50.0 Å². The summed E-state index contributed by atoms with van der Waals surface area (Å²) in [6.07, 6.45) is 11.1. The molecule has 2 unspecified atom stereocenters. The Morgan fingerprint density at radius 2 is 0.961 bits per heavy atom. The molecule has 0 saturated carbocycles. The number of hydrogen-bond donors (Lipinski definition) is 10. The minimum Gasteiger partial charge on any atom is -0.504 e. The summed E-state index contributed by atoms with van der Waals surface area (Å²) in [6.45, 7) is 12.2. The summed E-state index contributed by atoms with van der Waals surface area (Å²) >= 11 is 2.97. The van der Waals surface area contributed by atoms with Crippen LogP contribution in [0.15, 0.2) is 36.4 Å². The van der Waals surface area contributed by atoms with E-state index >= 15 is 0 Å². The van der Waals surface area contributed by atoms with Gasteiger partial charge in [0.15, 0.2) is 80.1 Å². The van der Waals surface area contributed by atoms with E-state index in [4.69, 9.17) is 72.2 Å². The fraction of sp³-hybridized carbons (Fsp3) is 0.554. The van der Waals surface area contributed by atoms with Crippen molar-refractivity contribution in [2.75, 3.05) is 79.8 Å². The number of unbranched alkanes of at least 4 members (excludes halogenated alkanes) is 8. The minimum absolute atomic E-state index is 0. The summed E-state index contributed by atoms with van der Waals surface area (Å²) in [5, 5.41) is 96.3. The molecule has 20 rings (SSSR count). The van der Waals surface area contributed by atoms with Crippen molar-refractivity contribution >= 4 is 47.4 Å². The van der Waals surface area contributed by atoms with Gasteiger partial charge in [0.1, 0.15) is 37.0 Å². The van der Waals surface area contributed by atoms with Crippen LogP contribution in [0, 0.1) is 49.1 Å². The van der Waals surface area contributed by atoms with Crippen molar-refractivity contribution < 1.29 is 134 Å². The van der Waals surface area contributed by atoms with Gasteiger partial charge in [-0.15, -0.1) is 33.6 Å². The van der Waals surface area contributed by atoms with Gasteiger partial charge in [0, 0.05) is 122 Å². The van der Waals surface area contributed by atoms with Crippen LogP contribution >= 0.6 is 23.5 Å². The first kappa shape index (κ1) is 96.7. The summed E-state index contributed by atoms with van der Waals surface area (Å²) in [4.78, 5) is 70.0. The van der Waals surface area contributed by atoms with Gasteiger partial charge in [-0.1, -0.05) is 99.6 Å². The predicted molar refractivity (Wildman–Crippen MR) is 468 cm³/mol. The van der Waals surface area contributed by atoms with Gasteiger partial charge in [0.25, 0.3) is 5.09 Å². The molecule has 14 heterocycles. The molecule has 4 fully saturated rings. The molecule has 0 amide bonds. The third kappa shape index (κ3) is 16.7. The second kappa shape index (κ2) is 39.5. The quantitative estimate of drug-likeness (QED) is 0.00954. The molecule has 32 nitrogen and oxygen atoms in total. The number of aliphatic hydroxyl groups is 1. The summed E-state index contributed by atoms with van der Waals surface area (Å²) in [5.41, 5.74) is 8.84. The number of nitrogens with zero attached hydrogens (tertiary/aromatic N) is 4. The third-order valence-electron chi connectivity index (χ3n) is 26.6. The first-order valence-electron chi connectivity index (χ1n) is 42.3. The van der Waals surface area contributed by atoms with E-state index in [0.717, 1.165) is 84.7 Å². The Hall–Kier alpha value is -9.35. The van der Waals surface area contributed by atoms with E-state index < -0.39 is 93.2 Å². The normalized spacial score (nSPS) is 25.8. The molecule has 14 aliphatic rings. The number of carbonyl (C=O) groups is 4. The SMILES string of the molecule is C.C.C.CCCCCCCC(=O)Oc1c(C)c2c(c3c1[C@H]1SC[C@]4(NCCc5cc(O)c(OC)cc54)C(=O)OC[C@@H]3N3C1[C@@H]1N[C@@H](Cc4cc(C)c(OC)c(O)c41)[C@@H]3C#N)OCO2.CCCCCCCC(=O)Oc1c(C)c2c(c3c1[C@H]1SC[C@]4(NCCc5cc(O)c(OC)cc54)C(=O)OC[C@@H]3N3C1[C@@H]1N[C@@H](Cc4cc(C)c(OC)c(O)c41)[C@@H]3O)OCO2.O=[N+]([O-])O.[Ag]. The molecule has 10 N–H and O–H groups in total. The number of nitrogens with one attached hydrogen (secondary N) is 4. The van der Waals surface area contributed by atoms with Gasteiger partial charge < -0.3 is 98.2 Å². The van der Waals surface area contributed by atoms with Crippen LogP contribution in [0.4, 0.5) is 0 Å². The maximum Gasteiger partial charge on any atom is 0.331 e. The maximum absolute atomic E-state index is 14.9. The van der Waals surface area contributed by atoms with Gasteiger partial charge in [0.2, 0.25) is 13.6 Å². The molecule has 6 aromatic carbocycles. The Labute approximate surface area is 763 Å². The Kier molecular flexibility index (Phi) is 30.1. The number of esters is 4. The van der Waals surface area contributed by atoms with E-state index in [0.29, 0.717) is 153 Å². The van der Waals surface area contributed by atoms with Gasteiger partial charge in [0.05, 0.1) is 75.2 Å². The second-order valence-electron chi connectivity index (χ2n) is 33.5. The Morgan fingerprint density at radius 3 is 1.38 bits per heavy atom. The number of phenols is 4. The number of carbonyl (C=O) groups excluding carboxylic acids is 4. The monoisotopic (exact) mass is 1890 g/mol. The van der Waals surface area contributed by atoms with Crippen molar-refractivity contribution in [3.05, 3.63) is 136 Å². The minimum atomic E-state index is -1.50. The average molecular weight is 1890 g/mol. The number of ether oxygens (including phenoxy) is 12. The number of nitriles is 1. The van der Waals surface area contributed by atoms with Crippen LogP contribution in [0.3, 0.4) is 0 Å². The van der Waals surface area contributed by atoms with Gasteiger partial charge in [-0.3, -0.25) is 30.0 Å². The summed E-state index contributed by atoms with van der Waals surface area (Å²) in [6, 6.07) is 8.16. The molecule has 35 heteroatoms. The van der Waals surface area contributed by atoms with E-state index in [1.54, 1.807) is 24.3 Å². The first-order valence-corrected chi connectivity index (χ1v) is 44.4. The molecule has 693 valence electrons. The zero-order valence-corrected chi connectivity index (χ0v) is 73.9. The molecule has 4 saturated heterocycles. The Bertz CT molecular complexity index is 5250. The van der Waals surface area contributed by atoms with Crippen LogP contribution < -0.4 is 68.6 Å². The molecule has 1 radical (unpaired) electrons. The van der Waals surface area contributed by atoms with Crippen molar-refractivity contribution in [1.82, 2.24) is 31.1 Å². The number of hydrogen-bond acceptors (Lipinski definition) is 32. The van der Waals surface area contributed by atoms with E-state index in [1.165, 1.54) is 52.0 Å². The number of phenolic OH excluding ortho intramolecular Hbond substituents is 4. The first-order chi connectivity index (χ1) is 59.3. The van der Waals surface area contributed by atoms with Crippen molar-refractivity contribution in [1.29, 1.82) is 5.26 Å². The molecule has 8 bridgehead atoms. The molecule has 6 aromatic rings. The van der Waals surface area contributed by atoms with Crippen molar-refractivity contribution in [2.24, 2.45) is 0 Å². The van der Waals surface area contributed by atoms with Crippen molar-refractivity contribution in [3.63, 3.8) is 0 Å². The standard InChI is InChI=1S/C45H52N4O10S.C44H53N3O11S.3CH4.Ag.HNO3/c1-6-7-8-9-10-11-32(51)59-40-23(3)41-42(58-21-57-41)34-29-19-56-44(53)45(26-17-31(54-4)30(50)16-24(26)12-13-47-45)20-60-43(35(34)40)37-36-33-25(14-22(2)39(55-5)38(33)52)15-27(48-36)28(18-46)49(29)37;1-6-7-8-9-10-11-30(49)58-38-22(3)39-40(57-20-56-39)32-27-18-55-43(52)44(25-17-29(53-4)28(48)16-23(25)12-13-45-44)19-59-41(33(32)38)35-34-31-24(14-21(2)37(54-5)36(31)50)15-26(46-34)42(51)47(27)35;;;;;2-1(3)4/h14,16-17,27-29,36-37,43,47-48,50,52H,6-13,15,19-21H2,1-5H3;14,16-17,26-27,34-35,41-42,45-46,48,50-51H,6-13,15,18-20H2,1-5H3;3*1H4;;(H,2,3,4)/t27-,28-,29-,36+,37?,43+,45+;26-,27-,34+,35?,41+,42-,44+;;;;;/m00...../s1. The van der Waals surface area contributed by atoms with Crippen LogP contribution in [0.1, 0.15) is 237 Å². The maximum atomic E-state index is 14.9. The Balaban J connectivity index is 0.000000215. The van der Waals surface area contributed by atoms with E-state index in [2.05, 4.69) is 46.1 Å². The van der Waals surface area contributed by atoms with Crippen molar-refractivity contribution in [3.8, 4) is 86.6 Å². The van der Waals surface area contributed by atoms with Crippen LogP contribution in [0.5, 0.6) is 80.5 Å². The number of aliphatic hydroxyl groups excluding tert-OH is 1. The summed E-state index contributed by atoms with van der Waals surface area (Å²) < 4.78 is 73.3. The largest absolute Gasteiger partial charge is 0.504 e. The van der Waals surface area contributed by atoms with Gasteiger partial charge in [-0.2, -0.15) is 5.26 Å². The zero-order chi connectivity index (χ0) is 86.9. The fourth-order valence-electron chi connectivity index (χ4n) is 21.2. The molecular formula is C92H118AgN8O24S2. The van der Waals surface area contributed by atoms with E-state index in [-0.39, 0.29) is 148 Å². The zero-order valence-electron chi connectivity index (χ0n) is 70.8. The molecule has 127 heavy (non-hydrogen) atoms. The topological polar surface area (TPSA) is 422 Å². The number of fused-ring (bicyclic) bond motifs is 18. The molecule has 14 atom stereocenters. The third-order valence-corrected chi connectivity index (χ3v) is 29.5. The summed E-state index contributed by atoms with van der Waals surface area (Å²) in [7, 11) is 6.02. The number of aromatic hydroxyl groups is 4. The number of benzene rings is 6. The number of aryl methyl sites for hydroxylation is 2. The predicted octanol–water partition coefficient (Wildman–Crippen LogP) is 13.0. The molecule has 0 aliphatic carbocycles. The van der Waals surface area contributed by atoms with Gasteiger partial charge >= 0.3 is 23.9 Å². The smallest absolute Gasteiger partial charge is 0.331 e. The molecule has 0 aromatic heterocycles. The number of methoxy groups -OCH3 is 4.